The number of hydrogen-bond acceptors (Lipinski definition) is 3. The Bertz CT molecular complexity index is 274. The van der Waals surface area contributed by atoms with E-state index in [1.165, 1.54) is 12.1 Å². The molecule has 1 aromatic heterocycles. The van der Waals surface area contributed by atoms with Gasteiger partial charge < -0.3 is 0 Å². The molecule has 0 amide bonds. The second kappa shape index (κ2) is 3.57. The van der Waals surface area contributed by atoms with Crippen LogP contribution in [0.2, 0.25) is 0 Å². The predicted octanol–water partition coefficient (Wildman–Crippen LogP) is 3.04. The minimum Gasteiger partial charge on any atom is -0.251 e. The number of thiol groups is 1. The maximum Gasteiger partial charge on any atom is 0.434 e. The minimum absolute atomic E-state index is 0.0216. The molecule has 0 aliphatic carbocycles. The molecule has 1 heterocycles. The number of rotatable bonds is 1. The zero-order valence-electron chi connectivity index (χ0n) is 5.67. The number of aromatic nitrogens is 1. The SMILES string of the molecule is FC(F)(F)c1ncccc1SS. The monoisotopic (exact) mass is 211 g/mol. The van der Waals surface area contributed by atoms with Gasteiger partial charge in [0, 0.05) is 11.1 Å². The number of alkyl halides is 3. The van der Waals surface area contributed by atoms with Gasteiger partial charge in [-0.25, -0.2) is 0 Å². The van der Waals surface area contributed by atoms with E-state index in [9.17, 15) is 13.2 Å². The van der Waals surface area contributed by atoms with Crippen molar-refractivity contribution in [3.05, 3.63) is 24.0 Å². The van der Waals surface area contributed by atoms with E-state index < -0.39 is 11.9 Å². The van der Waals surface area contributed by atoms with E-state index in [-0.39, 0.29) is 4.90 Å². The molecule has 6 heteroatoms. The lowest BCUT2D eigenvalue weighted by molar-refractivity contribution is -0.143. The Labute approximate surface area is 76.2 Å². The molecule has 1 rings (SSSR count). The van der Waals surface area contributed by atoms with E-state index in [2.05, 4.69) is 16.6 Å². The molecular weight excluding hydrogens is 207 g/mol. The highest BCUT2D eigenvalue weighted by Crippen LogP contribution is 2.35. The van der Waals surface area contributed by atoms with Crippen LogP contribution in [-0.4, -0.2) is 4.98 Å². The molecule has 0 radical (unpaired) electrons. The summed E-state index contributed by atoms with van der Waals surface area (Å²) in [5.74, 6) is 0. The van der Waals surface area contributed by atoms with E-state index in [0.717, 1.165) is 17.0 Å². The highest BCUT2D eigenvalue weighted by atomic mass is 33.1. The van der Waals surface area contributed by atoms with E-state index in [1.54, 1.807) is 0 Å². The molecular formula is C6H4F3NS2. The van der Waals surface area contributed by atoms with Gasteiger partial charge in [-0.05, 0) is 12.1 Å². The topological polar surface area (TPSA) is 12.9 Å². The van der Waals surface area contributed by atoms with Gasteiger partial charge >= 0.3 is 6.18 Å². The molecule has 0 aliphatic heterocycles. The van der Waals surface area contributed by atoms with Crippen molar-refractivity contribution in [3.8, 4) is 0 Å². The number of hydrogen-bond donors (Lipinski definition) is 1. The smallest absolute Gasteiger partial charge is 0.251 e. The van der Waals surface area contributed by atoms with Crippen LogP contribution in [0, 0.1) is 0 Å². The van der Waals surface area contributed by atoms with Crippen molar-refractivity contribution in [2.45, 2.75) is 11.1 Å². The van der Waals surface area contributed by atoms with Crippen molar-refractivity contribution in [1.82, 2.24) is 4.98 Å². The third-order valence-corrected chi connectivity index (χ3v) is 2.25. The molecule has 0 aromatic carbocycles. The fourth-order valence-electron chi connectivity index (χ4n) is 0.677. The van der Waals surface area contributed by atoms with Crippen LogP contribution in [0.3, 0.4) is 0 Å². The Kier molecular flexibility index (Phi) is 2.89. The summed E-state index contributed by atoms with van der Waals surface area (Å²) in [5, 5.41) is 0. The summed E-state index contributed by atoms with van der Waals surface area (Å²) in [6.45, 7) is 0. The van der Waals surface area contributed by atoms with Crippen molar-refractivity contribution in [2.75, 3.05) is 0 Å². The molecule has 1 nitrogen and oxygen atoms in total. The lowest BCUT2D eigenvalue weighted by Crippen LogP contribution is -2.08. The number of pyridine rings is 1. The van der Waals surface area contributed by atoms with Gasteiger partial charge in [0.05, 0.1) is 0 Å². The molecule has 0 bridgehead atoms. The Morgan fingerprint density at radius 1 is 1.42 bits per heavy atom. The highest BCUT2D eigenvalue weighted by molar-refractivity contribution is 8.68. The lowest BCUT2D eigenvalue weighted by atomic mass is 10.3. The summed E-state index contributed by atoms with van der Waals surface area (Å²) < 4.78 is 36.4. The molecule has 0 atom stereocenters. The Morgan fingerprint density at radius 3 is 2.50 bits per heavy atom. The normalized spacial score (nSPS) is 11.7. The zero-order chi connectivity index (χ0) is 9.19. The van der Waals surface area contributed by atoms with Gasteiger partial charge in [-0.2, -0.15) is 13.2 Å². The predicted molar refractivity (Wildman–Crippen MR) is 44.1 cm³/mol. The van der Waals surface area contributed by atoms with Crippen LogP contribution < -0.4 is 0 Å². The maximum atomic E-state index is 12.1. The molecule has 12 heavy (non-hydrogen) atoms. The van der Waals surface area contributed by atoms with Crippen molar-refractivity contribution < 1.29 is 13.2 Å². The van der Waals surface area contributed by atoms with Crippen molar-refractivity contribution in [3.63, 3.8) is 0 Å². The standard InChI is InChI=1S/C6H4F3NS2/c7-6(8,9)5-4(12-11)2-1-3-10-5/h1-3,11H. The summed E-state index contributed by atoms with van der Waals surface area (Å²) in [6.07, 6.45) is -3.29. The van der Waals surface area contributed by atoms with Gasteiger partial charge in [0.25, 0.3) is 0 Å². The second-order valence-corrected chi connectivity index (χ2v) is 3.11. The molecule has 0 spiro atoms. The molecule has 66 valence electrons. The Hall–Kier alpha value is -0.360. The summed E-state index contributed by atoms with van der Waals surface area (Å²) in [6, 6.07) is 2.77. The Balaban J connectivity index is 3.14. The third kappa shape index (κ3) is 2.07. The Morgan fingerprint density at radius 2 is 2.08 bits per heavy atom. The fourth-order valence-corrected chi connectivity index (χ4v) is 1.51. The van der Waals surface area contributed by atoms with Crippen LogP contribution in [0.5, 0.6) is 0 Å². The zero-order valence-corrected chi connectivity index (χ0v) is 7.38. The van der Waals surface area contributed by atoms with Crippen LogP contribution in [0.4, 0.5) is 13.2 Å². The summed E-state index contributed by atoms with van der Waals surface area (Å²) in [5.41, 5.74) is -0.884. The van der Waals surface area contributed by atoms with Crippen molar-refractivity contribution >= 4 is 22.5 Å². The van der Waals surface area contributed by atoms with Gasteiger partial charge in [-0.3, -0.25) is 4.98 Å². The van der Waals surface area contributed by atoms with E-state index in [0.29, 0.717) is 0 Å². The number of nitrogens with zero attached hydrogens (tertiary/aromatic N) is 1. The van der Waals surface area contributed by atoms with E-state index in [4.69, 9.17) is 0 Å². The average molecular weight is 211 g/mol. The van der Waals surface area contributed by atoms with Crippen LogP contribution in [0.1, 0.15) is 5.69 Å². The van der Waals surface area contributed by atoms with Crippen LogP contribution in [-0.2, 0) is 6.18 Å². The quantitative estimate of drug-likeness (QED) is 0.566. The summed E-state index contributed by atoms with van der Waals surface area (Å²) in [4.78, 5) is 3.25. The second-order valence-electron chi connectivity index (χ2n) is 1.94. The molecule has 1 aromatic rings. The van der Waals surface area contributed by atoms with Crippen molar-refractivity contribution in [1.29, 1.82) is 0 Å². The fraction of sp³-hybridized carbons (Fsp3) is 0.167. The van der Waals surface area contributed by atoms with Crippen molar-refractivity contribution in [2.24, 2.45) is 0 Å². The van der Waals surface area contributed by atoms with E-state index >= 15 is 0 Å². The molecule has 0 fully saturated rings. The van der Waals surface area contributed by atoms with Crippen LogP contribution in [0.15, 0.2) is 23.2 Å². The molecule has 0 saturated carbocycles. The lowest BCUT2D eigenvalue weighted by Gasteiger charge is -2.07. The van der Waals surface area contributed by atoms with Gasteiger partial charge in [0.1, 0.15) is 0 Å². The van der Waals surface area contributed by atoms with E-state index in [1.807, 2.05) is 0 Å². The largest absolute Gasteiger partial charge is 0.434 e. The maximum absolute atomic E-state index is 12.1. The van der Waals surface area contributed by atoms with Gasteiger partial charge in [-0.1, -0.05) is 10.8 Å². The third-order valence-electron chi connectivity index (χ3n) is 1.14. The van der Waals surface area contributed by atoms with Crippen LogP contribution >= 0.6 is 22.5 Å². The van der Waals surface area contributed by atoms with Crippen LogP contribution in [0.25, 0.3) is 0 Å². The first kappa shape index (κ1) is 9.73. The molecule has 0 aliphatic rings. The molecule has 0 N–H and O–H groups in total. The highest BCUT2D eigenvalue weighted by Gasteiger charge is 2.34. The first-order chi connectivity index (χ1) is 5.55. The van der Waals surface area contributed by atoms with Gasteiger partial charge in [0.2, 0.25) is 0 Å². The summed E-state index contributed by atoms with van der Waals surface area (Å²) >= 11 is 3.69. The summed E-state index contributed by atoms with van der Waals surface area (Å²) in [7, 11) is 0.734. The minimum atomic E-state index is -4.40. The number of halogens is 3. The first-order valence-corrected chi connectivity index (χ1v) is 4.76. The van der Waals surface area contributed by atoms with Gasteiger partial charge in [-0.15, -0.1) is 11.7 Å². The molecule has 0 saturated heterocycles. The molecule has 0 unspecified atom stereocenters. The average Bonchev–Trinajstić information content (AvgIpc) is 2.03. The first-order valence-electron chi connectivity index (χ1n) is 2.89. The van der Waals surface area contributed by atoms with Gasteiger partial charge in [0.15, 0.2) is 5.69 Å².